The Morgan fingerprint density at radius 1 is 1.23 bits per heavy atom. The summed E-state index contributed by atoms with van der Waals surface area (Å²) in [5.74, 6) is 0.256. The van der Waals surface area contributed by atoms with E-state index in [1.54, 1.807) is 55.3 Å². The van der Waals surface area contributed by atoms with Crippen LogP contribution in [0.3, 0.4) is 0 Å². The maximum Gasteiger partial charge on any atom is 0.319 e. The molecule has 1 fully saturated rings. The quantitative estimate of drug-likeness (QED) is 0.883. The number of halogens is 1. The molecule has 1 heterocycles. The minimum atomic E-state index is -0.470. The number of carbonyl (C=O) groups excluding carboxylic acids is 2. The Morgan fingerprint density at radius 3 is 2.62 bits per heavy atom. The third-order valence-corrected chi connectivity index (χ3v) is 4.27. The minimum Gasteiger partial charge on any atom is -0.497 e. The molecule has 2 aromatic rings. The second kappa shape index (κ2) is 7.43. The molecule has 1 atom stereocenters. The van der Waals surface area contributed by atoms with Gasteiger partial charge in [0, 0.05) is 24.3 Å². The van der Waals surface area contributed by atoms with Gasteiger partial charge in [0.05, 0.1) is 13.2 Å². The van der Waals surface area contributed by atoms with Crippen LogP contribution in [0, 0.1) is 12.7 Å². The van der Waals surface area contributed by atoms with Crippen molar-refractivity contribution in [3.63, 3.8) is 0 Å². The maximum absolute atomic E-state index is 13.5. The van der Waals surface area contributed by atoms with Crippen molar-refractivity contribution in [3.8, 4) is 5.75 Å². The maximum atomic E-state index is 13.5. The van der Waals surface area contributed by atoms with Crippen LogP contribution in [-0.4, -0.2) is 31.6 Å². The van der Waals surface area contributed by atoms with E-state index in [1.165, 1.54) is 6.07 Å². The Labute approximate surface area is 150 Å². The lowest BCUT2D eigenvalue weighted by molar-refractivity contribution is -0.117. The number of amides is 3. The van der Waals surface area contributed by atoms with E-state index in [4.69, 9.17) is 4.74 Å². The lowest BCUT2D eigenvalue weighted by Gasteiger charge is -2.18. The van der Waals surface area contributed by atoms with Crippen molar-refractivity contribution < 1.29 is 18.7 Å². The van der Waals surface area contributed by atoms with E-state index in [0.717, 1.165) is 5.69 Å². The lowest BCUT2D eigenvalue weighted by Crippen LogP contribution is -2.39. The Balaban J connectivity index is 1.59. The number of methoxy groups -OCH3 is 1. The van der Waals surface area contributed by atoms with E-state index < -0.39 is 6.03 Å². The van der Waals surface area contributed by atoms with Crippen molar-refractivity contribution in [2.75, 3.05) is 23.9 Å². The molecule has 0 bridgehead atoms. The second-order valence-electron chi connectivity index (χ2n) is 6.17. The zero-order valence-electron chi connectivity index (χ0n) is 14.6. The van der Waals surface area contributed by atoms with Gasteiger partial charge in [-0.25, -0.2) is 9.18 Å². The first-order valence-electron chi connectivity index (χ1n) is 8.24. The summed E-state index contributed by atoms with van der Waals surface area (Å²) in [5.41, 5.74) is 1.62. The van der Waals surface area contributed by atoms with Gasteiger partial charge in [-0.2, -0.15) is 0 Å². The predicted molar refractivity (Wildman–Crippen MR) is 97.0 cm³/mol. The van der Waals surface area contributed by atoms with Crippen LogP contribution in [-0.2, 0) is 4.79 Å². The molecule has 1 aliphatic rings. The first-order chi connectivity index (χ1) is 12.5. The summed E-state index contributed by atoms with van der Waals surface area (Å²) in [4.78, 5) is 26.0. The number of hydrogen-bond donors (Lipinski definition) is 2. The normalized spacial score (nSPS) is 16.5. The van der Waals surface area contributed by atoms with Gasteiger partial charge in [0.25, 0.3) is 0 Å². The Bertz CT molecular complexity index is 823. The van der Waals surface area contributed by atoms with E-state index in [0.29, 0.717) is 23.5 Å². The van der Waals surface area contributed by atoms with E-state index in [9.17, 15) is 14.0 Å². The monoisotopic (exact) mass is 357 g/mol. The largest absolute Gasteiger partial charge is 0.497 e. The molecule has 1 saturated heterocycles. The van der Waals surface area contributed by atoms with Crippen LogP contribution in [0.15, 0.2) is 42.5 Å². The molecule has 2 aromatic carbocycles. The molecule has 0 spiro atoms. The van der Waals surface area contributed by atoms with Gasteiger partial charge in [0.2, 0.25) is 5.91 Å². The number of anilines is 2. The molecule has 0 aromatic heterocycles. The van der Waals surface area contributed by atoms with Gasteiger partial charge in [0.15, 0.2) is 0 Å². The molecule has 3 rings (SSSR count). The van der Waals surface area contributed by atoms with E-state index in [1.807, 2.05) is 0 Å². The van der Waals surface area contributed by atoms with Crippen molar-refractivity contribution in [2.45, 2.75) is 19.4 Å². The van der Waals surface area contributed by atoms with Gasteiger partial charge in [-0.1, -0.05) is 6.07 Å². The Morgan fingerprint density at radius 2 is 1.96 bits per heavy atom. The fourth-order valence-electron chi connectivity index (χ4n) is 2.84. The molecule has 7 heteroatoms. The number of nitrogens with zero attached hydrogens (tertiary/aromatic N) is 1. The average Bonchev–Trinajstić information content (AvgIpc) is 2.98. The molecule has 0 saturated carbocycles. The summed E-state index contributed by atoms with van der Waals surface area (Å²) in [6.45, 7) is 2.03. The highest BCUT2D eigenvalue weighted by molar-refractivity contribution is 5.97. The number of ether oxygens (including phenoxy) is 1. The molecule has 136 valence electrons. The lowest BCUT2D eigenvalue weighted by atomic mass is 10.2. The molecule has 0 radical (unpaired) electrons. The van der Waals surface area contributed by atoms with Gasteiger partial charge in [-0.05, 0) is 48.9 Å². The van der Waals surface area contributed by atoms with Gasteiger partial charge in [0.1, 0.15) is 11.6 Å². The molecule has 2 N–H and O–H groups in total. The highest BCUT2D eigenvalue weighted by Crippen LogP contribution is 2.24. The first-order valence-corrected chi connectivity index (χ1v) is 8.24. The van der Waals surface area contributed by atoms with Crippen molar-refractivity contribution in [1.29, 1.82) is 0 Å². The molecule has 0 unspecified atom stereocenters. The minimum absolute atomic E-state index is 0.0677. The van der Waals surface area contributed by atoms with Gasteiger partial charge in [-0.15, -0.1) is 0 Å². The molecule has 6 nitrogen and oxygen atoms in total. The van der Waals surface area contributed by atoms with E-state index in [2.05, 4.69) is 10.6 Å². The summed E-state index contributed by atoms with van der Waals surface area (Å²) >= 11 is 0. The number of nitrogens with one attached hydrogen (secondary N) is 2. The number of carbonyl (C=O) groups is 2. The third kappa shape index (κ3) is 3.93. The summed E-state index contributed by atoms with van der Waals surface area (Å²) in [6, 6.07) is 10.9. The van der Waals surface area contributed by atoms with Crippen LogP contribution in [0.2, 0.25) is 0 Å². The van der Waals surface area contributed by atoms with Crippen LogP contribution < -0.4 is 20.3 Å². The molecule has 1 aliphatic heterocycles. The number of benzene rings is 2. The number of urea groups is 1. The van der Waals surface area contributed by atoms with Crippen LogP contribution in [0.5, 0.6) is 5.75 Å². The molecule has 26 heavy (non-hydrogen) atoms. The van der Waals surface area contributed by atoms with Crippen molar-refractivity contribution in [1.82, 2.24) is 5.32 Å². The second-order valence-corrected chi connectivity index (χ2v) is 6.17. The van der Waals surface area contributed by atoms with Gasteiger partial charge < -0.3 is 20.3 Å². The number of hydrogen-bond acceptors (Lipinski definition) is 3. The Hall–Kier alpha value is -3.09. The fourth-order valence-corrected chi connectivity index (χ4v) is 2.84. The SMILES string of the molecule is COc1ccc(N2C[C@@H](NC(=O)Nc3ccc(C)c(F)c3)CC2=O)cc1. The molecule has 0 aliphatic carbocycles. The number of aryl methyl sites for hydroxylation is 1. The summed E-state index contributed by atoms with van der Waals surface area (Å²) in [6.07, 6.45) is 0.210. The fraction of sp³-hybridized carbons (Fsp3) is 0.263. The van der Waals surface area contributed by atoms with Crippen molar-refractivity contribution in [2.24, 2.45) is 0 Å². The molecular formula is C19H20FN3O3. The molecule has 3 amide bonds. The van der Waals surface area contributed by atoms with Crippen LogP contribution in [0.4, 0.5) is 20.6 Å². The Kier molecular flexibility index (Phi) is 5.06. The van der Waals surface area contributed by atoms with Crippen molar-refractivity contribution in [3.05, 3.63) is 53.8 Å². The zero-order chi connectivity index (χ0) is 18.7. The van der Waals surface area contributed by atoms with Gasteiger partial charge >= 0.3 is 6.03 Å². The standard InChI is InChI=1S/C19H20FN3O3/c1-12-3-4-13(9-17(12)20)21-19(25)22-14-10-18(24)23(11-14)15-5-7-16(26-2)8-6-15/h3-9,14H,10-11H2,1-2H3,(H2,21,22,25)/t14-/m0/s1. The zero-order valence-corrected chi connectivity index (χ0v) is 14.6. The van der Waals surface area contributed by atoms with E-state index in [-0.39, 0.29) is 24.2 Å². The van der Waals surface area contributed by atoms with Crippen LogP contribution >= 0.6 is 0 Å². The highest BCUT2D eigenvalue weighted by Gasteiger charge is 2.31. The topological polar surface area (TPSA) is 70.7 Å². The van der Waals surface area contributed by atoms with Crippen molar-refractivity contribution >= 4 is 23.3 Å². The highest BCUT2D eigenvalue weighted by atomic mass is 19.1. The molecular weight excluding hydrogens is 337 g/mol. The first kappa shape index (κ1) is 17.7. The summed E-state index contributed by atoms with van der Waals surface area (Å²) < 4.78 is 18.7. The van der Waals surface area contributed by atoms with Crippen LogP contribution in [0.25, 0.3) is 0 Å². The third-order valence-electron chi connectivity index (χ3n) is 4.27. The number of rotatable bonds is 4. The average molecular weight is 357 g/mol. The van der Waals surface area contributed by atoms with Gasteiger partial charge in [-0.3, -0.25) is 4.79 Å². The summed E-state index contributed by atoms with van der Waals surface area (Å²) in [5, 5.41) is 5.34. The predicted octanol–water partition coefficient (Wildman–Crippen LogP) is 3.07. The smallest absolute Gasteiger partial charge is 0.319 e. The van der Waals surface area contributed by atoms with Crippen LogP contribution in [0.1, 0.15) is 12.0 Å². The van der Waals surface area contributed by atoms with E-state index >= 15 is 0 Å². The summed E-state index contributed by atoms with van der Waals surface area (Å²) in [7, 11) is 1.58.